The monoisotopic (exact) mass is 276 g/mol. The Balaban J connectivity index is 2.03. The fourth-order valence-electron chi connectivity index (χ4n) is 2.73. The Bertz CT molecular complexity index is 678. The number of aromatic nitrogens is 4. The molecule has 5 nitrogen and oxygen atoms in total. The van der Waals surface area contributed by atoms with Crippen LogP contribution in [0.3, 0.4) is 0 Å². The van der Waals surface area contributed by atoms with Crippen molar-refractivity contribution in [1.29, 1.82) is 0 Å². The van der Waals surface area contributed by atoms with E-state index in [1.165, 1.54) is 19.3 Å². The number of hydrogen-bond acceptors (Lipinski definition) is 3. The van der Waals surface area contributed by atoms with Gasteiger partial charge >= 0.3 is 0 Å². The summed E-state index contributed by atoms with van der Waals surface area (Å²) in [6, 6.07) is 4.00. The van der Waals surface area contributed by atoms with E-state index in [4.69, 9.17) is 12.2 Å². The molecule has 2 aromatic rings. The summed E-state index contributed by atoms with van der Waals surface area (Å²) in [5.74, 6) is 0.514. The minimum atomic E-state index is 0.00662. The van der Waals surface area contributed by atoms with E-state index in [1.54, 1.807) is 6.07 Å². The van der Waals surface area contributed by atoms with Crippen LogP contribution in [-0.4, -0.2) is 19.7 Å². The number of pyridine rings is 1. The molecule has 0 amide bonds. The van der Waals surface area contributed by atoms with E-state index in [2.05, 4.69) is 15.2 Å². The van der Waals surface area contributed by atoms with Gasteiger partial charge in [0.15, 0.2) is 5.82 Å². The molecule has 2 heterocycles. The second kappa shape index (κ2) is 5.13. The minimum Gasteiger partial charge on any atom is -0.312 e. The number of nitrogens with one attached hydrogen (secondary N) is 2. The van der Waals surface area contributed by atoms with E-state index < -0.39 is 0 Å². The Morgan fingerprint density at radius 2 is 2.05 bits per heavy atom. The summed E-state index contributed by atoms with van der Waals surface area (Å²) in [7, 11) is 0. The zero-order valence-corrected chi connectivity index (χ0v) is 11.4. The van der Waals surface area contributed by atoms with E-state index in [-0.39, 0.29) is 5.56 Å². The molecule has 100 valence electrons. The maximum atomic E-state index is 12.5. The summed E-state index contributed by atoms with van der Waals surface area (Å²) in [6.45, 7) is 0. The zero-order valence-electron chi connectivity index (χ0n) is 10.6. The van der Waals surface area contributed by atoms with Crippen LogP contribution in [-0.2, 0) is 0 Å². The van der Waals surface area contributed by atoms with E-state index in [0.717, 1.165) is 12.8 Å². The first-order chi connectivity index (χ1) is 9.25. The normalized spacial score (nSPS) is 16.6. The van der Waals surface area contributed by atoms with Crippen molar-refractivity contribution < 1.29 is 0 Å². The summed E-state index contributed by atoms with van der Waals surface area (Å²) in [5.41, 5.74) is 0.576. The minimum absolute atomic E-state index is 0.00662. The third-order valence-corrected chi connectivity index (χ3v) is 3.89. The predicted octanol–water partition coefficient (Wildman–Crippen LogP) is 2.80. The first-order valence-corrected chi connectivity index (χ1v) is 7.03. The first-order valence-electron chi connectivity index (χ1n) is 6.62. The Morgan fingerprint density at radius 3 is 2.74 bits per heavy atom. The number of aromatic amines is 2. The van der Waals surface area contributed by atoms with Crippen LogP contribution in [0.5, 0.6) is 0 Å². The molecule has 0 radical (unpaired) electrons. The lowest BCUT2D eigenvalue weighted by molar-refractivity contribution is 0.346. The fraction of sp³-hybridized carbons (Fsp3) is 0.462. The molecule has 1 aliphatic carbocycles. The largest absolute Gasteiger partial charge is 0.312 e. The average molecular weight is 276 g/mol. The van der Waals surface area contributed by atoms with Gasteiger partial charge in [0, 0.05) is 12.2 Å². The SMILES string of the molecule is O=c1c(-c2nc(=S)[nH][nH]2)cccn1C1CCCCC1. The summed E-state index contributed by atoms with van der Waals surface area (Å²) < 4.78 is 2.21. The highest BCUT2D eigenvalue weighted by Crippen LogP contribution is 2.27. The molecule has 19 heavy (non-hydrogen) atoms. The summed E-state index contributed by atoms with van der Waals surface area (Å²) in [4.78, 5) is 16.7. The van der Waals surface area contributed by atoms with Crippen molar-refractivity contribution in [3.8, 4) is 11.4 Å². The molecule has 0 aliphatic heterocycles. The molecule has 6 heteroatoms. The van der Waals surface area contributed by atoms with Crippen LogP contribution in [0, 0.1) is 4.77 Å². The van der Waals surface area contributed by atoms with Crippen molar-refractivity contribution in [1.82, 2.24) is 19.7 Å². The molecule has 2 aromatic heterocycles. The fourth-order valence-corrected chi connectivity index (χ4v) is 2.88. The van der Waals surface area contributed by atoms with Gasteiger partial charge in [0.2, 0.25) is 4.77 Å². The highest BCUT2D eigenvalue weighted by molar-refractivity contribution is 7.71. The van der Waals surface area contributed by atoms with Crippen LogP contribution in [0.4, 0.5) is 0 Å². The van der Waals surface area contributed by atoms with E-state index >= 15 is 0 Å². The van der Waals surface area contributed by atoms with Crippen molar-refractivity contribution >= 4 is 12.2 Å². The van der Waals surface area contributed by atoms with Crippen molar-refractivity contribution in [3.05, 3.63) is 33.5 Å². The van der Waals surface area contributed by atoms with Crippen LogP contribution in [0.25, 0.3) is 11.4 Å². The van der Waals surface area contributed by atoms with E-state index in [0.29, 0.717) is 22.2 Å². The smallest absolute Gasteiger partial charge is 0.261 e. The van der Waals surface area contributed by atoms with Gasteiger partial charge in [0.1, 0.15) is 0 Å². The molecule has 1 aliphatic rings. The van der Waals surface area contributed by atoms with Gasteiger partial charge in [-0.3, -0.25) is 15.0 Å². The number of rotatable bonds is 2. The number of H-pyrrole nitrogens is 2. The van der Waals surface area contributed by atoms with Crippen LogP contribution in [0.2, 0.25) is 0 Å². The van der Waals surface area contributed by atoms with Gasteiger partial charge in [-0.25, -0.2) is 0 Å². The molecule has 2 N–H and O–H groups in total. The third-order valence-electron chi connectivity index (χ3n) is 3.70. The van der Waals surface area contributed by atoms with Crippen LogP contribution < -0.4 is 5.56 Å². The Morgan fingerprint density at radius 1 is 1.26 bits per heavy atom. The molecule has 0 aromatic carbocycles. The summed E-state index contributed by atoms with van der Waals surface area (Å²) >= 11 is 4.93. The highest BCUT2D eigenvalue weighted by Gasteiger charge is 2.18. The van der Waals surface area contributed by atoms with Crippen molar-refractivity contribution in [2.45, 2.75) is 38.1 Å². The molecule has 0 spiro atoms. The van der Waals surface area contributed by atoms with Gasteiger partial charge in [-0.15, -0.1) is 0 Å². The molecule has 3 rings (SSSR count). The van der Waals surface area contributed by atoms with Gasteiger partial charge < -0.3 is 4.57 Å². The Kier molecular flexibility index (Phi) is 3.33. The molecule has 1 fully saturated rings. The van der Waals surface area contributed by atoms with Gasteiger partial charge in [-0.2, -0.15) is 4.98 Å². The van der Waals surface area contributed by atoms with Crippen molar-refractivity contribution in [2.75, 3.05) is 0 Å². The van der Waals surface area contributed by atoms with Crippen LogP contribution in [0.15, 0.2) is 23.1 Å². The van der Waals surface area contributed by atoms with Crippen molar-refractivity contribution in [2.24, 2.45) is 0 Å². The topological polar surface area (TPSA) is 66.5 Å². The second-order valence-electron chi connectivity index (χ2n) is 4.94. The van der Waals surface area contributed by atoms with Gasteiger partial charge in [0.05, 0.1) is 5.56 Å². The lowest BCUT2D eigenvalue weighted by Crippen LogP contribution is -2.27. The van der Waals surface area contributed by atoms with Gasteiger partial charge in [-0.05, 0) is 37.2 Å². The zero-order chi connectivity index (χ0) is 13.2. The van der Waals surface area contributed by atoms with E-state index in [9.17, 15) is 4.79 Å². The number of nitrogens with zero attached hydrogens (tertiary/aromatic N) is 2. The Hall–Kier alpha value is -1.69. The molecule has 0 unspecified atom stereocenters. The van der Waals surface area contributed by atoms with E-state index in [1.807, 2.05) is 16.8 Å². The standard InChI is InChI=1S/C13H16N4OS/c18-12-10(11-14-13(19)16-15-11)7-4-8-17(12)9-5-2-1-3-6-9/h4,7-9H,1-3,5-6H2,(H2,14,15,16,19). The highest BCUT2D eigenvalue weighted by atomic mass is 32.1. The predicted molar refractivity (Wildman–Crippen MR) is 75.6 cm³/mol. The van der Waals surface area contributed by atoms with Gasteiger partial charge in [0.25, 0.3) is 5.56 Å². The Labute approximate surface area is 115 Å². The molecular formula is C13H16N4OS. The molecule has 1 saturated carbocycles. The second-order valence-corrected chi connectivity index (χ2v) is 5.33. The lowest BCUT2D eigenvalue weighted by Gasteiger charge is -2.24. The molecule has 0 atom stereocenters. The molecule has 0 saturated heterocycles. The summed E-state index contributed by atoms with van der Waals surface area (Å²) in [5, 5.41) is 5.56. The first kappa shape index (κ1) is 12.3. The van der Waals surface area contributed by atoms with Crippen LogP contribution in [0.1, 0.15) is 38.1 Å². The lowest BCUT2D eigenvalue weighted by atomic mass is 9.95. The quantitative estimate of drug-likeness (QED) is 0.829. The maximum Gasteiger partial charge on any atom is 0.261 e. The maximum absolute atomic E-state index is 12.5. The number of hydrogen-bond donors (Lipinski definition) is 2. The third kappa shape index (κ3) is 2.40. The van der Waals surface area contributed by atoms with Gasteiger partial charge in [-0.1, -0.05) is 19.3 Å². The average Bonchev–Trinajstić information content (AvgIpc) is 2.86. The van der Waals surface area contributed by atoms with Crippen molar-refractivity contribution in [3.63, 3.8) is 0 Å². The molecule has 0 bridgehead atoms. The summed E-state index contributed by atoms with van der Waals surface area (Å²) in [6.07, 6.45) is 7.72. The molecular weight excluding hydrogens is 260 g/mol. The van der Waals surface area contributed by atoms with Crippen LogP contribution >= 0.6 is 12.2 Å².